The van der Waals surface area contributed by atoms with Crippen molar-refractivity contribution in [2.75, 3.05) is 0 Å². The lowest BCUT2D eigenvalue weighted by molar-refractivity contribution is -0.138. The molecule has 0 radical (unpaired) electrons. The van der Waals surface area contributed by atoms with Gasteiger partial charge in [-0.3, -0.25) is 0 Å². The number of aliphatic hydroxyl groups is 2. The Bertz CT molecular complexity index is 608. The Morgan fingerprint density at radius 2 is 1.67 bits per heavy atom. The lowest BCUT2D eigenvalue weighted by Crippen LogP contribution is -2.61. The number of hydrogen-bond donors (Lipinski definition) is 3. The highest BCUT2D eigenvalue weighted by Crippen LogP contribution is 2.68. The van der Waals surface area contributed by atoms with Gasteiger partial charge >= 0.3 is 0 Å². The Morgan fingerprint density at radius 3 is 2.37 bits per heavy atom. The van der Waals surface area contributed by atoms with Crippen LogP contribution in [-0.2, 0) is 0 Å². The Labute approximate surface area is 185 Å². The average molecular weight is 420 g/mol. The summed E-state index contributed by atoms with van der Waals surface area (Å²) >= 11 is 0. The van der Waals surface area contributed by atoms with Crippen LogP contribution < -0.4 is 5.73 Å². The zero-order valence-electron chi connectivity index (χ0n) is 20.3. The van der Waals surface area contributed by atoms with E-state index >= 15 is 0 Å². The van der Waals surface area contributed by atoms with Gasteiger partial charge in [-0.1, -0.05) is 53.9 Å². The largest absolute Gasteiger partial charge is 0.393 e. The van der Waals surface area contributed by atoms with Crippen molar-refractivity contribution in [3.63, 3.8) is 0 Å². The highest BCUT2D eigenvalue weighted by molar-refractivity contribution is 5.13. The Kier molecular flexibility index (Phi) is 6.41. The predicted molar refractivity (Wildman–Crippen MR) is 124 cm³/mol. The fraction of sp³-hybridized carbons (Fsp3) is 1.00. The van der Waals surface area contributed by atoms with Gasteiger partial charge in [0.15, 0.2) is 0 Å². The summed E-state index contributed by atoms with van der Waals surface area (Å²) in [7, 11) is 0. The molecule has 11 atom stereocenters. The number of fused-ring (bicyclic) bond motifs is 5. The SMILES string of the molecule is CC(C)CCC[C@@H](C)[C@H]1[C@@H](O)C[C@H]2[C@@H]3CC[C@H]4C[C@@H](O)CC(N)[C@]4(C)[C@H]3CC[C@]12C. The molecule has 174 valence electrons. The summed E-state index contributed by atoms with van der Waals surface area (Å²) in [4.78, 5) is 0. The van der Waals surface area contributed by atoms with E-state index in [0.717, 1.165) is 25.2 Å². The first-order valence-corrected chi connectivity index (χ1v) is 13.2. The molecule has 4 saturated carbocycles. The second kappa shape index (κ2) is 8.34. The summed E-state index contributed by atoms with van der Waals surface area (Å²) in [6.45, 7) is 12.1. The van der Waals surface area contributed by atoms with E-state index in [0.29, 0.717) is 40.9 Å². The number of nitrogens with two attached hydrogens (primary N) is 1. The maximum absolute atomic E-state index is 11.3. The summed E-state index contributed by atoms with van der Waals surface area (Å²) < 4.78 is 0. The summed E-state index contributed by atoms with van der Waals surface area (Å²) in [5.41, 5.74) is 7.23. The van der Waals surface area contributed by atoms with Crippen molar-refractivity contribution in [1.29, 1.82) is 0 Å². The van der Waals surface area contributed by atoms with Gasteiger partial charge in [0.2, 0.25) is 0 Å². The van der Waals surface area contributed by atoms with E-state index < -0.39 is 0 Å². The van der Waals surface area contributed by atoms with Crippen LogP contribution >= 0.6 is 0 Å². The van der Waals surface area contributed by atoms with Crippen molar-refractivity contribution in [2.24, 2.45) is 58.0 Å². The average Bonchev–Trinajstić information content (AvgIpc) is 2.93. The number of rotatable bonds is 5. The van der Waals surface area contributed by atoms with Crippen molar-refractivity contribution in [3.05, 3.63) is 0 Å². The molecule has 4 aliphatic rings. The molecule has 4 aliphatic carbocycles. The van der Waals surface area contributed by atoms with E-state index in [9.17, 15) is 10.2 Å². The van der Waals surface area contributed by atoms with Gasteiger partial charge in [-0.15, -0.1) is 0 Å². The third kappa shape index (κ3) is 3.59. The normalized spacial score (nSPS) is 51.9. The molecule has 0 bridgehead atoms. The Morgan fingerprint density at radius 1 is 0.933 bits per heavy atom. The Hall–Kier alpha value is -0.120. The second-order valence-corrected chi connectivity index (χ2v) is 12.9. The summed E-state index contributed by atoms with van der Waals surface area (Å²) in [5.74, 6) is 4.48. The van der Waals surface area contributed by atoms with E-state index in [4.69, 9.17) is 5.73 Å². The van der Waals surface area contributed by atoms with Crippen molar-refractivity contribution in [2.45, 2.75) is 117 Å². The van der Waals surface area contributed by atoms with Gasteiger partial charge in [0.1, 0.15) is 0 Å². The van der Waals surface area contributed by atoms with E-state index in [-0.39, 0.29) is 23.7 Å². The van der Waals surface area contributed by atoms with Crippen LogP contribution in [0.4, 0.5) is 0 Å². The van der Waals surface area contributed by atoms with Crippen LogP contribution in [0.15, 0.2) is 0 Å². The van der Waals surface area contributed by atoms with Gasteiger partial charge in [-0.05, 0) is 97.2 Å². The third-order valence-corrected chi connectivity index (χ3v) is 11.0. The van der Waals surface area contributed by atoms with Crippen LogP contribution in [0.1, 0.15) is 98.8 Å². The predicted octanol–water partition coefficient (Wildman–Crippen LogP) is 5.38. The van der Waals surface area contributed by atoms with E-state index in [1.807, 2.05) is 0 Å². The molecule has 0 aromatic heterocycles. The van der Waals surface area contributed by atoms with Crippen molar-refractivity contribution >= 4 is 0 Å². The zero-order chi connectivity index (χ0) is 21.8. The van der Waals surface area contributed by atoms with Crippen molar-refractivity contribution in [1.82, 2.24) is 0 Å². The van der Waals surface area contributed by atoms with Gasteiger partial charge in [0.25, 0.3) is 0 Å². The molecule has 0 saturated heterocycles. The summed E-state index contributed by atoms with van der Waals surface area (Å²) in [5, 5.41) is 21.6. The number of aliphatic hydroxyl groups excluding tert-OH is 2. The molecule has 4 rings (SSSR count). The summed E-state index contributed by atoms with van der Waals surface area (Å²) in [6, 6.07) is 0.125. The van der Waals surface area contributed by atoms with Crippen molar-refractivity contribution in [3.8, 4) is 0 Å². The van der Waals surface area contributed by atoms with Crippen molar-refractivity contribution < 1.29 is 10.2 Å². The minimum atomic E-state index is -0.201. The molecule has 4 N–H and O–H groups in total. The van der Waals surface area contributed by atoms with Crippen LogP contribution in [0.25, 0.3) is 0 Å². The molecule has 3 nitrogen and oxygen atoms in total. The Balaban J connectivity index is 1.53. The second-order valence-electron chi connectivity index (χ2n) is 12.9. The molecule has 0 aromatic rings. The van der Waals surface area contributed by atoms with Crippen LogP contribution in [0, 0.1) is 52.3 Å². The molecule has 0 amide bonds. The smallest absolute Gasteiger partial charge is 0.0579 e. The maximum atomic E-state index is 11.3. The third-order valence-electron chi connectivity index (χ3n) is 11.0. The van der Waals surface area contributed by atoms with Gasteiger partial charge in [-0.25, -0.2) is 0 Å². The van der Waals surface area contributed by atoms with E-state index in [1.54, 1.807) is 0 Å². The highest BCUT2D eigenvalue weighted by atomic mass is 16.3. The standard InChI is InChI=1S/C27H49NO2/c1-16(2)7-6-8-17(3)25-23(30)15-22-20-10-9-18-13-19(29)14-24(28)27(18,5)21(20)11-12-26(22,25)4/h16-25,29-30H,6-15,28H2,1-5H3/t17-,18+,19-,20-,21+,22+,23+,24?,25+,26+,27+/m1/s1. The first-order chi connectivity index (χ1) is 14.1. The topological polar surface area (TPSA) is 66.5 Å². The minimum Gasteiger partial charge on any atom is -0.393 e. The molecule has 0 heterocycles. The van der Waals surface area contributed by atoms with Gasteiger partial charge in [0.05, 0.1) is 12.2 Å². The molecule has 1 unspecified atom stereocenters. The molecule has 0 spiro atoms. The fourth-order valence-corrected chi connectivity index (χ4v) is 9.50. The molecular weight excluding hydrogens is 370 g/mol. The van der Waals surface area contributed by atoms with E-state index in [1.165, 1.54) is 44.9 Å². The quantitative estimate of drug-likeness (QED) is 0.561. The fourth-order valence-electron chi connectivity index (χ4n) is 9.50. The first kappa shape index (κ1) is 23.1. The van der Waals surface area contributed by atoms with E-state index in [2.05, 4.69) is 34.6 Å². The van der Waals surface area contributed by atoms with Gasteiger partial charge < -0.3 is 15.9 Å². The van der Waals surface area contributed by atoms with Gasteiger partial charge in [-0.2, -0.15) is 0 Å². The maximum Gasteiger partial charge on any atom is 0.0579 e. The van der Waals surface area contributed by atoms with Crippen LogP contribution in [0.5, 0.6) is 0 Å². The molecule has 4 fully saturated rings. The lowest BCUT2D eigenvalue weighted by atomic mass is 9.43. The molecule has 0 aliphatic heterocycles. The highest BCUT2D eigenvalue weighted by Gasteiger charge is 2.63. The summed E-state index contributed by atoms with van der Waals surface area (Å²) in [6.07, 6.45) is 11.3. The van der Waals surface area contributed by atoms with Gasteiger partial charge in [0, 0.05) is 6.04 Å². The molecule has 3 heteroatoms. The molecule has 0 aromatic carbocycles. The monoisotopic (exact) mass is 419 g/mol. The first-order valence-electron chi connectivity index (χ1n) is 13.2. The van der Waals surface area contributed by atoms with Crippen LogP contribution in [0.3, 0.4) is 0 Å². The minimum absolute atomic E-state index is 0.125. The van der Waals surface area contributed by atoms with Crippen LogP contribution in [0.2, 0.25) is 0 Å². The van der Waals surface area contributed by atoms with Crippen LogP contribution in [-0.4, -0.2) is 28.5 Å². The molecule has 30 heavy (non-hydrogen) atoms. The number of hydrogen-bond acceptors (Lipinski definition) is 3. The zero-order valence-corrected chi connectivity index (χ0v) is 20.3. The lowest BCUT2D eigenvalue weighted by Gasteiger charge is -2.62. The molecular formula is C27H49NO2.